The van der Waals surface area contributed by atoms with Crippen LogP contribution >= 0.6 is 0 Å². The van der Waals surface area contributed by atoms with Crippen molar-refractivity contribution in [3.05, 3.63) is 0 Å². The van der Waals surface area contributed by atoms with Crippen LogP contribution < -0.4 is 5.32 Å². The summed E-state index contributed by atoms with van der Waals surface area (Å²) in [4.78, 5) is 23.0. The fourth-order valence-corrected chi connectivity index (χ4v) is 2.18. The smallest absolute Gasteiger partial charge is 0.407 e. The summed E-state index contributed by atoms with van der Waals surface area (Å²) < 4.78 is 30.3. The Morgan fingerprint density at radius 3 is 2.25 bits per heavy atom. The second-order valence-electron chi connectivity index (χ2n) is 6.19. The summed E-state index contributed by atoms with van der Waals surface area (Å²) in [5.74, 6) is -1.61. The van der Waals surface area contributed by atoms with Crippen molar-refractivity contribution in [3.8, 4) is 0 Å². The van der Waals surface area contributed by atoms with Crippen LogP contribution in [0.5, 0.6) is 0 Å². The van der Waals surface area contributed by atoms with Crippen molar-refractivity contribution >= 4 is 12.1 Å². The van der Waals surface area contributed by atoms with Gasteiger partial charge in [0.1, 0.15) is 5.60 Å². The lowest BCUT2D eigenvalue weighted by molar-refractivity contribution is -0.153. The van der Waals surface area contributed by atoms with Crippen LogP contribution in [0.25, 0.3) is 0 Å². The van der Waals surface area contributed by atoms with Gasteiger partial charge in [0.25, 0.3) is 0 Å². The summed E-state index contributed by atoms with van der Waals surface area (Å²) in [6, 6.07) is 0. The number of carboxylic acids is 1. The normalized spacial score (nSPS) is 18.5. The van der Waals surface area contributed by atoms with Gasteiger partial charge in [-0.25, -0.2) is 13.6 Å². The van der Waals surface area contributed by atoms with Crippen molar-refractivity contribution in [1.29, 1.82) is 0 Å². The molecule has 1 atom stereocenters. The van der Waals surface area contributed by atoms with E-state index in [2.05, 4.69) is 5.32 Å². The Bertz CT molecular complexity index is 377. The second kappa shape index (κ2) is 5.93. The third-order valence-corrected chi connectivity index (χ3v) is 3.25. The molecule has 1 aliphatic carbocycles. The van der Waals surface area contributed by atoms with E-state index < -0.39 is 35.9 Å². The Balaban J connectivity index is 2.70. The van der Waals surface area contributed by atoms with E-state index in [0.717, 1.165) is 0 Å². The number of rotatable bonds is 6. The van der Waals surface area contributed by atoms with Gasteiger partial charge >= 0.3 is 12.1 Å². The first-order valence-corrected chi connectivity index (χ1v) is 6.55. The molecule has 20 heavy (non-hydrogen) atoms. The van der Waals surface area contributed by atoms with Crippen LogP contribution in [0.2, 0.25) is 0 Å². The molecular formula is C13H21F2NO4. The quantitative estimate of drug-likeness (QED) is 0.789. The molecule has 0 spiro atoms. The maximum atomic E-state index is 12.7. The Morgan fingerprint density at radius 1 is 1.35 bits per heavy atom. The molecule has 1 rings (SSSR count). The van der Waals surface area contributed by atoms with Crippen molar-refractivity contribution in [2.45, 2.75) is 52.1 Å². The first kappa shape index (κ1) is 16.7. The van der Waals surface area contributed by atoms with Crippen LogP contribution in [0.4, 0.5) is 13.6 Å². The van der Waals surface area contributed by atoms with E-state index in [1.165, 1.54) is 0 Å². The molecule has 1 amide bonds. The summed E-state index contributed by atoms with van der Waals surface area (Å²) in [7, 11) is 0. The minimum Gasteiger partial charge on any atom is -0.481 e. The van der Waals surface area contributed by atoms with Gasteiger partial charge in [-0.2, -0.15) is 0 Å². The van der Waals surface area contributed by atoms with Gasteiger partial charge in [0, 0.05) is 13.0 Å². The lowest BCUT2D eigenvalue weighted by Crippen LogP contribution is -2.47. The van der Waals surface area contributed by atoms with Gasteiger partial charge in [-0.3, -0.25) is 4.79 Å². The molecule has 5 nitrogen and oxygen atoms in total. The van der Waals surface area contributed by atoms with Crippen LogP contribution in [-0.4, -0.2) is 35.7 Å². The third kappa shape index (κ3) is 4.61. The van der Waals surface area contributed by atoms with Crippen LogP contribution in [0.3, 0.4) is 0 Å². The maximum Gasteiger partial charge on any atom is 0.407 e. The molecule has 0 bridgehead atoms. The minimum absolute atomic E-state index is 0.316. The number of hydrogen-bond donors (Lipinski definition) is 2. The summed E-state index contributed by atoms with van der Waals surface area (Å²) >= 11 is 0. The van der Waals surface area contributed by atoms with E-state index in [1.807, 2.05) is 0 Å². The number of halogens is 2. The number of hydrogen-bond acceptors (Lipinski definition) is 3. The van der Waals surface area contributed by atoms with Crippen molar-refractivity contribution < 1.29 is 28.2 Å². The third-order valence-electron chi connectivity index (χ3n) is 3.25. The highest BCUT2D eigenvalue weighted by atomic mass is 19.3. The highest BCUT2D eigenvalue weighted by Gasteiger charge is 2.52. The summed E-state index contributed by atoms with van der Waals surface area (Å²) in [6.07, 6.45) is -3.10. The van der Waals surface area contributed by atoms with Gasteiger partial charge in [0.05, 0.1) is 5.41 Å². The molecule has 0 saturated heterocycles. The zero-order chi connectivity index (χ0) is 15.6. The van der Waals surface area contributed by atoms with E-state index in [1.54, 1.807) is 20.8 Å². The summed E-state index contributed by atoms with van der Waals surface area (Å²) in [5, 5.41) is 11.6. The monoisotopic (exact) mass is 293 g/mol. The second-order valence-corrected chi connectivity index (χ2v) is 6.19. The molecule has 0 aliphatic heterocycles. The number of carbonyl (C=O) groups is 2. The molecule has 1 unspecified atom stereocenters. The molecule has 0 heterocycles. The largest absolute Gasteiger partial charge is 0.481 e. The fraction of sp³-hybridized carbons (Fsp3) is 0.846. The standard InChI is InChI=1S/C13H21F2NO4/c1-12(2,3)20-11(19)16-7-13(10(17)18,6-9(14)15)8-4-5-8/h8-9H,4-7H2,1-3H3,(H,16,19)(H,17,18). The van der Waals surface area contributed by atoms with Crippen LogP contribution in [-0.2, 0) is 9.53 Å². The SMILES string of the molecule is CC(C)(C)OC(=O)NCC(CC(F)F)(C(=O)O)C1CC1. The first-order valence-electron chi connectivity index (χ1n) is 6.55. The Morgan fingerprint density at radius 2 is 1.90 bits per heavy atom. The molecule has 2 N–H and O–H groups in total. The maximum absolute atomic E-state index is 12.7. The average Bonchev–Trinajstić information content (AvgIpc) is 3.04. The van der Waals surface area contributed by atoms with E-state index in [-0.39, 0.29) is 12.5 Å². The Labute approximate surface area is 116 Å². The molecule has 116 valence electrons. The minimum atomic E-state index is -2.73. The number of alkyl halides is 2. The number of carbonyl (C=O) groups excluding carboxylic acids is 1. The average molecular weight is 293 g/mol. The van der Waals surface area contributed by atoms with Gasteiger partial charge < -0.3 is 15.2 Å². The number of carboxylic acid groups (broad SMARTS) is 1. The lowest BCUT2D eigenvalue weighted by Gasteiger charge is -2.30. The first-order chi connectivity index (χ1) is 9.07. The predicted octanol–water partition coefficient (Wildman–Crippen LogP) is 2.65. The molecule has 1 fully saturated rings. The Kier molecular flexibility index (Phi) is 4.94. The lowest BCUT2D eigenvalue weighted by atomic mass is 9.79. The fourth-order valence-electron chi connectivity index (χ4n) is 2.18. The van der Waals surface area contributed by atoms with E-state index in [9.17, 15) is 23.5 Å². The molecule has 7 heteroatoms. The number of aliphatic carboxylic acids is 1. The molecule has 1 saturated carbocycles. The molecule has 0 radical (unpaired) electrons. The topological polar surface area (TPSA) is 75.6 Å². The van der Waals surface area contributed by atoms with E-state index in [4.69, 9.17) is 4.74 Å². The number of alkyl carbamates (subject to hydrolysis) is 1. The highest BCUT2D eigenvalue weighted by molar-refractivity contribution is 5.77. The van der Waals surface area contributed by atoms with Crippen molar-refractivity contribution in [3.63, 3.8) is 0 Å². The van der Waals surface area contributed by atoms with Gasteiger partial charge in [0.2, 0.25) is 6.43 Å². The molecule has 0 aromatic carbocycles. The molecule has 1 aliphatic rings. The molecular weight excluding hydrogens is 272 g/mol. The number of ether oxygens (including phenoxy) is 1. The number of amides is 1. The van der Waals surface area contributed by atoms with E-state index >= 15 is 0 Å². The van der Waals surface area contributed by atoms with Crippen molar-refractivity contribution in [1.82, 2.24) is 5.32 Å². The van der Waals surface area contributed by atoms with Crippen LogP contribution in [0.1, 0.15) is 40.0 Å². The van der Waals surface area contributed by atoms with Gasteiger partial charge in [0.15, 0.2) is 0 Å². The van der Waals surface area contributed by atoms with Gasteiger partial charge in [-0.05, 0) is 39.5 Å². The highest BCUT2D eigenvalue weighted by Crippen LogP contribution is 2.48. The van der Waals surface area contributed by atoms with Gasteiger partial charge in [-0.1, -0.05) is 0 Å². The molecule has 0 aromatic heterocycles. The number of nitrogens with one attached hydrogen (secondary N) is 1. The summed E-state index contributed by atoms with van der Waals surface area (Å²) in [6.45, 7) is 4.65. The predicted molar refractivity (Wildman–Crippen MR) is 67.7 cm³/mol. The van der Waals surface area contributed by atoms with Crippen LogP contribution in [0, 0.1) is 11.3 Å². The Hall–Kier alpha value is -1.40. The summed E-state index contributed by atoms with van der Waals surface area (Å²) in [5.41, 5.74) is -2.33. The zero-order valence-electron chi connectivity index (χ0n) is 11.9. The van der Waals surface area contributed by atoms with Crippen LogP contribution in [0.15, 0.2) is 0 Å². The van der Waals surface area contributed by atoms with Gasteiger partial charge in [-0.15, -0.1) is 0 Å². The van der Waals surface area contributed by atoms with E-state index in [0.29, 0.717) is 12.8 Å². The molecule has 0 aromatic rings. The zero-order valence-corrected chi connectivity index (χ0v) is 11.9. The van der Waals surface area contributed by atoms with Crippen molar-refractivity contribution in [2.24, 2.45) is 11.3 Å². The van der Waals surface area contributed by atoms with Crippen molar-refractivity contribution in [2.75, 3.05) is 6.54 Å².